The van der Waals surface area contributed by atoms with Crippen LogP contribution in [0.3, 0.4) is 0 Å². The predicted octanol–water partition coefficient (Wildman–Crippen LogP) is 3.11. The Morgan fingerprint density at radius 3 is 2.50 bits per heavy atom. The van der Waals surface area contributed by atoms with Crippen LogP contribution in [0.2, 0.25) is 0 Å². The van der Waals surface area contributed by atoms with Gasteiger partial charge in [-0.1, -0.05) is 13.8 Å². The Morgan fingerprint density at radius 1 is 1.12 bits per heavy atom. The van der Waals surface area contributed by atoms with E-state index < -0.39 is 0 Å². The molecule has 0 aliphatic carbocycles. The summed E-state index contributed by atoms with van der Waals surface area (Å²) in [5.74, 6) is 0.465. The largest absolute Gasteiger partial charge is 0.378 e. The van der Waals surface area contributed by atoms with E-state index in [9.17, 15) is 4.79 Å². The molecule has 0 atom stereocenters. The molecule has 2 heterocycles. The SMILES string of the molecule is CC(C)CC(=O)Nc1cc(N2CCOCC2)ccc1N1CCCC1. The first-order chi connectivity index (χ1) is 11.6. The number of ether oxygens (including phenoxy) is 1. The lowest BCUT2D eigenvalue weighted by atomic mass is 10.1. The maximum absolute atomic E-state index is 12.3. The van der Waals surface area contributed by atoms with Crippen LogP contribution in [0.4, 0.5) is 17.1 Å². The van der Waals surface area contributed by atoms with E-state index >= 15 is 0 Å². The molecule has 0 unspecified atom stereocenters. The highest BCUT2D eigenvalue weighted by Gasteiger charge is 2.19. The molecule has 1 N–H and O–H groups in total. The van der Waals surface area contributed by atoms with Crippen LogP contribution in [-0.2, 0) is 9.53 Å². The first-order valence-corrected chi connectivity index (χ1v) is 9.15. The Labute approximate surface area is 145 Å². The van der Waals surface area contributed by atoms with Crippen LogP contribution in [-0.4, -0.2) is 45.3 Å². The van der Waals surface area contributed by atoms with Crippen molar-refractivity contribution in [2.45, 2.75) is 33.1 Å². The molecular formula is C19H29N3O2. The van der Waals surface area contributed by atoms with E-state index in [1.54, 1.807) is 0 Å². The summed E-state index contributed by atoms with van der Waals surface area (Å²) in [6, 6.07) is 6.48. The van der Waals surface area contributed by atoms with Crippen molar-refractivity contribution in [3.05, 3.63) is 18.2 Å². The molecule has 2 aliphatic heterocycles. The lowest BCUT2D eigenvalue weighted by Gasteiger charge is -2.30. The molecule has 0 aromatic heterocycles. The van der Waals surface area contributed by atoms with Crippen molar-refractivity contribution in [2.24, 2.45) is 5.92 Å². The number of nitrogens with one attached hydrogen (secondary N) is 1. The first kappa shape index (κ1) is 17.1. The van der Waals surface area contributed by atoms with Crippen molar-refractivity contribution in [3.8, 4) is 0 Å². The topological polar surface area (TPSA) is 44.8 Å². The average Bonchev–Trinajstić information content (AvgIpc) is 3.09. The highest BCUT2D eigenvalue weighted by atomic mass is 16.5. The van der Waals surface area contributed by atoms with Crippen LogP contribution >= 0.6 is 0 Å². The number of hydrogen-bond donors (Lipinski definition) is 1. The molecule has 0 spiro atoms. The number of benzene rings is 1. The molecule has 1 aromatic rings. The summed E-state index contributed by atoms with van der Waals surface area (Å²) in [7, 11) is 0. The fourth-order valence-corrected chi connectivity index (χ4v) is 3.45. The summed E-state index contributed by atoms with van der Waals surface area (Å²) in [6.07, 6.45) is 3.01. The number of morpholine rings is 1. The lowest BCUT2D eigenvalue weighted by Crippen LogP contribution is -2.36. The zero-order valence-electron chi connectivity index (χ0n) is 14.9. The summed E-state index contributed by atoms with van der Waals surface area (Å²) in [4.78, 5) is 17.0. The molecule has 2 aliphatic rings. The zero-order valence-corrected chi connectivity index (χ0v) is 14.9. The highest BCUT2D eigenvalue weighted by Crippen LogP contribution is 2.33. The third kappa shape index (κ3) is 4.20. The standard InChI is InChI=1S/C19H29N3O2/c1-15(2)13-19(23)20-17-14-16(21-9-11-24-12-10-21)5-6-18(17)22-7-3-4-8-22/h5-6,14-15H,3-4,7-13H2,1-2H3,(H,20,23). The molecule has 0 radical (unpaired) electrons. The monoisotopic (exact) mass is 331 g/mol. The van der Waals surface area contributed by atoms with E-state index in [2.05, 4.69) is 47.2 Å². The van der Waals surface area contributed by atoms with Gasteiger partial charge in [0.25, 0.3) is 0 Å². The molecule has 2 saturated heterocycles. The van der Waals surface area contributed by atoms with Gasteiger partial charge in [0.1, 0.15) is 0 Å². The van der Waals surface area contributed by atoms with E-state index in [4.69, 9.17) is 4.74 Å². The van der Waals surface area contributed by atoms with Gasteiger partial charge in [0, 0.05) is 38.3 Å². The van der Waals surface area contributed by atoms with Gasteiger partial charge in [-0.05, 0) is 37.0 Å². The van der Waals surface area contributed by atoms with Crippen molar-refractivity contribution in [3.63, 3.8) is 0 Å². The van der Waals surface area contributed by atoms with Gasteiger partial charge in [-0.2, -0.15) is 0 Å². The molecule has 0 bridgehead atoms. The van der Waals surface area contributed by atoms with Gasteiger partial charge in [0.2, 0.25) is 5.91 Å². The quantitative estimate of drug-likeness (QED) is 0.900. The third-order valence-corrected chi connectivity index (χ3v) is 4.67. The van der Waals surface area contributed by atoms with E-state index in [-0.39, 0.29) is 5.91 Å². The fraction of sp³-hybridized carbons (Fsp3) is 0.632. The molecule has 5 nitrogen and oxygen atoms in total. The normalized spacial score (nSPS) is 18.3. The maximum atomic E-state index is 12.3. The van der Waals surface area contributed by atoms with Crippen molar-refractivity contribution in [1.29, 1.82) is 0 Å². The first-order valence-electron chi connectivity index (χ1n) is 9.15. The van der Waals surface area contributed by atoms with Crippen LogP contribution in [0.1, 0.15) is 33.1 Å². The Balaban J connectivity index is 1.83. The van der Waals surface area contributed by atoms with E-state index in [1.165, 1.54) is 18.5 Å². The van der Waals surface area contributed by atoms with Crippen LogP contribution in [0, 0.1) is 5.92 Å². The zero-order chi connectivity index (χ0) is 16.9. The summed E-state index contributed by atoms with van der Waals surface area (Å²) >= 11 is 0. The molecule has 132 valence electrons. The molecule has 0 saturated carbocycles. The third-order valence-electron chi connectivity index (χ3n) is 4.67. The summed E-state index contributed by atoms with van der Waals surface area (Å²) in [5.41, 5.74) is 3.27. The lowest BCUT2D eigenvalue weighted by molar-refractivity contribution is -0.116. The second-order valence-corrected chi connectivity index (χ2v) is 7.14. The van der Waals surface area contributed by atoms with E-state index in [0.29, 0.717) is 12.3 Å². The number of carbonyl (C=O) groups is 1. The molecular weight excluding hydrogens is 302 g/mol. The van der Waals surface area contributed by atoms with Crippen molar-refractivity contribution in [1.82, 2.24) is 0 Å². The van der Waals surface area contributed by atoms with Crippen LogP contribution < -0.4 is 15.1 Å². The molecule has 1 amide bonds. The second kappa shape index (κ2) is 7.88. The fourth-order valence-electron chi connectivity index (χ4n) is 3.45. The number of rotatable bonds is 5. The van der Waals surface area contributed by atoms with Gasteiger partial charge in [-0.15, -0.1) is 0 Å². The van der Waals surface area contributed by atoms with Gasteiger partial charge in [-0.25, -0.2) is 0 Å². The molecule has 24 heavy (non-hydrogen) atoms. The van der Waals surface area contributed by atoms with Crippen molar-refractivity contribution in [2.75, 3.05) is 54.5 Å². The molecule has 2 fully saturated rings. The molecule has 3 rings (SSSR count). The van der Waals surface area contributed by atoms with Gasteiger partial charge >= 0.3 is 0 Å². The summed E-state index contributed by atoms with van der Waals surface area (Å²) < 4.78 is 5.45. The Hall–Kier alpha value is -1.75. The summed E-state index contributed by atoms with van der Waals surface area (Å²) in [5, 5.41) is 3.16. The van der Waals surface area contributed by atoms with Crippen LogP contribution in [0.5, 0.6) is 0 Å². The van der Waals surface area contributed by atoms with Crippen LogP contribution in [0.25, 0.3) is 0 Å². The van der Waals surface area contributed by atoms with Crippen molar-refractivity contribution < 1.29 is 9.53 Å². The second-order valence-electron chi connectivity index (χ2n) is 7.14. The van der Waals surface area contributed by atoms with Gasteiger partial charge in [0.15, 0.2) is 0 Å². The number of anilines is 3. The average molecular weight is 331 g/mol. The minimum Gasteiger partial charge on any atom is -0.378 e. The number of amides is 1. The highest BCUT2D eigenvalue weighted by molar-refractivity contribution is 5.95. The maximum Gasteiger partial charge on any atom is 0.224 e. The smallest absolute Gasteiger partial charge is 0.224 e. The minimum absolute atomic E-state index is 0.101. The van der Waals surface area contributed by atoms with E-state index in [0.717, 1.165) is 50.8 Å². The predicted molar refractivity (Wildman–Crippen MR) is 99.0 cm³/mol. The molecule has 1 aromatic carbocycles. The van der Waals surface area contributed by atoms with Crippen LogP contribution in [0.15, 0.2) is 18.2 Å². The summed E-state index contributed by atoms with van der Waals surface area (Å²) in [6.45, 7) is 9.64. The number of hydrogen-bond acceptors (Lipinski definition) is 4. The van der Waals surface area contributed by atoms with Gasteiger partial charge in [-0.3, -0.25) is 4.79 Å². The number of carbonyl (C=O) groups excluding carboxylic acids is 1. The molecule has 5 heteroatoms. The van der Waals surface area contributed by atoms with E-state index in [1.807, 2.05) is 0 Å². The Kier molecular flexibility index (Phi) is 5.61. The Bertz CT molecular complexity index is 562. The van der Waals surface area contributed by atoms with Gasteiger partial charge in [0.05, 0.1) is 24.6 Å². The van der Waals surface area contributed by atoms with Crippen molar-refractivity contribution >= 4 is 23.0 Å². The van der Waals surface area contributed by atoms with Gasteiger partial charge < -0.3 is 19.9 Å². The number of nitrogens with zero attached hydrogens (tertiary/aromatic N) is 2. The minimum atomic E-state index is 0.101. The Morgan fingerprint density at radius 2 is 1.83 bits per heavy atom.